The topological polar surface area (TPSA) is 60.2 Å². The Hall–Kier alpha value is -2.16. The van der Waals surface area contributed by atoms with Gasteiger partial charge in [-0.1, -0.05) is 48.2 Å². The highest BCUT2D eigenvalue weighted by atomic mass is 32.2. The van der Waals surface area contributed by atoms with Crippen LogP contribution >= 0.6 is 23.1 Å². The number of amides is 1. The van der Waals surface area contributed by atoms with Gasteiger partial charge in [-0.15, -0.1) is 21.5 Å². The van der Waals surface area contributed by atoms with E-state index in [0.29, 0.717) is 26.3 Å². The van der Waals surface area contributed by atoms with Gasteiger partial charge in [0.1, 0.15) is 5.82 Å². The maximum absolute atomic E-state index is 12.8. The second-order valence-electron chi connectivity index (χ2n) is 7.24. The smallest absolute Gasteiger partial charge is 0.236 e. The molecule has 1 atom stereocenters. The molecule has 0 saturated carbocycles. The number of thiophene rings is 1. The summed E-state index contributed by atoms with van der Waals surface area (Å²) in [5.74, 6) is 1.09. The number of thioether (sulfide) groups is 1. The molecule has 1 fully saturated rings. The molecule has 0 aliphatic carbocycles. The summed E-state index contributed by atoms with van der Waals surface area (Å²) in [6.45, 7) is 5.29. The zero-order valence-corrected chi connectivity index (χ0v) is 18.7. The van der Waals surface area contributed by atoms with Gasteiger partial charge < -0.3 is 14.2 Å². The van der Waals surface area contributed by atoms with Crippen LogP contribution in [0, 0.1) is 0 Å². The molecule has 1 aliphatic heterocycles. The van der Waals surface area contributed by atoms with Crippen molar-refractivity contribution in [2.24, 2.45) is 0 Å². The first kappa shape index (κ1) is 21.1. The van der Waals surface area contributed by atoms with Crippen molar-refractivity contribution in [1.82, 2.24) is 19.7 Å². The van der Waals surface area contributed by atoms with E-state index in [1.165, 1.54) is 22.2 Å². The lowest BCUT2D eigenvalue weighted by Gasteiger charge is -2.28. The van der Waals surface area contributed by atoms with E-state index in [-0.39, 0.29) is 11.2 Å². The molecule has 0 bridgehead atoms. The van der Waals surface area contributed by atoms with Gasteiger partial charge in [-0.05, 0) is 30.4 Å². The van der Waals surface area contributed by atoms with Gasteiger partial charge in [0.25, 0.3) is 0 Å². The number of aryl methyl sites for hydroxylation is 1. The molecule has 8 heteroatoms. The molecule has 1 unspecified atom stereocenters. The zero-order chi connectivity index (χ0) is 20.8. The molecular weight excluding hydrogens is 416 g/mol. The minimum absolute atomic E-state index is 0.140. The van der Waals surface area contributed by atoms with Crippen molar-refractivity contribution in [1.29, 1.82) is 0 Å². The van der Waals surface area contributed by atoms with Gasteiger partial charge in [0.05, 0.1) is 18.5 Å². The number of carbonyl (C=O) groups excluding carboxylic acids is 1. The molecular formula is C22H26N4O2S2. The number of ether oxygens (including phenoxy) is 1. The van der Waals surface area contributed by atoms with E-state index in [1.54, 1.807) is 11.3 Å². The van der Waals surface area contributed by atoms with Crippen LogP contribution in [0.3, 0.4) is 0 Å². The normalized spacial score (nSPS) is 15.3. The maximum atomic E-state index is 12.8. The molecule has 3 heterocycles. The first-order valence-electron chi connectivity index (χ1n) is 10.2. The second kappa shape index (κ2) is 10.2. The predicted molar refractivity (Wildman–Crippen MR) is 120 cm³/mol. The average Bonchev–Trinajstić information content (AvgIpc) is 3.43. The van der Waals surface area contributed by atoms with Crippen LogP contribution in [0.5, 0.6) is 0 Å². The van der Waals surface area contributed by atoms with Gasteiger partial charge in [0.2, 0.25) is 5.91 Å². The second-order valence-corrected chi connectivity index (χ2v) is 9.58. The Bertz CT molecular complexity index is 937. The highest BCUT2D eigenvalue weighted by Gasteiger charge is 2.25. The number of nitrogens with zero attached hydrogens (tertiary/aromatic N) is 4. The summed E-state index contributed by atoms with van der Waals surface area (Å²) in [5, 5.41) is 11.6. The lowest BCUT2D eigenvalue weighted by molar-refractivity contribution is -0.134. The Morgan fingerprint density at radius 3 is 2.70 bits per heavy atom. The molecule has 0 radical (unpaired) electrons. The number of hydrogen-bond donors (Lipinski definition) is 0. The van der Waals surface area contributed by atoms with Crippen LogP contribution in [0.25, 0.3) is 0 Å². The highest BCUT2D eigenvalue weighted by molar-refractivity contribution is 8.00. The summed E-state index contributed by atoms with van der Waals surface area (Å²) in [6.07, 6.45) is 1.65. The van der Waals surface area contributed by atoms with Crippen molar-refractivity contribution >= 4 is 29.0 Å². The number of rotatable bonds is 8. The van der Waals surface area contributed by atoms with Crippen LogP contribution < -0.4 is 0 Å². The fraction of sp³-hybridized carbons (Fsp3) is 0.409. The molecule has 3 aromatic rings. The summed E-state index contributed by atoms with van der Waals surface area (Å²) in [4.78, 5) is 16.0. The van der Waals surface area contributed by atoms with Gasteiger partial charge in [0, 0.05) is 30.9 Å². The van der Waals surface area contributed by atoms with Crippen molar-refractivity contribution in [2.75, 3.05) is 26.3 Å². The van der Waals surface area contributed by atoms with Crippen molar-refractivity contribution in [3.05, 3.63) is 64.1 Å². The summed E-state index contributed by atoms with van der Waals surface area (Å²) in [7, 11) is 0. The Morgan fingerprint density at radius 1 is 1.17 bits per heavy atom. The molecule has 6 nitrogen and oxygen atoms in total. The maximum Gasteiger partial charge on any atom is 0.236 e. The molecule has 1 aromatic carbocycles. The van der Waals surface area contributed by atoms with E-state index in [1.807, 2.05) is 17.9 Å². The standard InChI is InChI=1S/C22H26N4O2S2/c1-17(21(27)25-11-13-28-14-12-25)30-22-24-23-20(16-19-8-5-15-29-19)26(22)10-9-18-6-3-2-4-7-18/h2-8,15,17H,9-14,16H2,1H3. The van der Waals surface area contributed by atoms with E-state index in [2.05, 4.69) is 56.5 Å². The van der Waals surface area contributed by atoms with Gasteiger partial charge in [-0.3, -0.25) is 4.79 Å². The molecule has 2 aromatic heterocycles. The minimum atomic E-state index is -0.211. The zero-order valence-electron chi connectivity index (χ0n) is 17.1. The largest absolute Gasteiger partial charge is 0.378 e. The van der Waals surface area contributed by atoms with Gasteiger partial charge in [-0.25, -0.2) is 0 Å². The molecule has 4 rings (SSSR count). The van der Waals surface area contributed by atoms with Gasteiger partial charge in [-0.2, -0.15) is 0 Å². The summed E-state index contributed by atoms with van der Waals surface area (Å²) < 4.78 is 7.55. The highest BCUT2D eigenvalue weighted by Crippen LogP contribution is 2.26. The van der Waals surface area contributed by atoms with Crippen LogP contribution in [0.2, 0.25) is 0 Å². The number of morpholine rings is 1. The number of aromatic nitrogens is 3. The fourth-order valence-electron chi connectivity index (χ4n) is 3.47. The third-order valence-electron chi connectivity index (χ3n) is 5.13. The van der Waals surface area contributed by atoms with E-state index < -0.39 is 0 Å². The Labute approximate surface area is 185 Å². The Balaban J connectivity index is 1.50. The third kappa shape index (κ3) is 5.30. The summed E-state index contributed by atoms with van der Waals surface area (Å²) >= 11 is 3.23. The molecule has 0 spiro atoms. The third-order valence-corrected chi connectivity index (χ3v) is 7.07. The van der Waals surface area contributed by atoms with E-state index in [9.17, 15) is 4.79 Å². The molecule has 1 saturated heterocycles. The van der Waals surface area contributed by atoms with Crippen molar-refractivity contribution in [3.8, 4) is 0 Å². The Kier molecular flexibility index (Phi) is 7.20. The molecule has 1 amide bonds. The molecule has 158 valence electrons. The first-order valence-corrected chi connectivity index (χ1v) is 12.0. The number of carbonyl (C=O) groups is 1. The summed E-state index contributed by atoms with van der Waals surface area (Å²) in [5.41, 5.74) is 1.28. The summed E-state index contributed by atoms with van der Waals surface area (Å²) in [6, 6.07) is 14.6. The van der Waals surface area contributed by atoms with E-state index >= 15 is 0 Å². The van der Waals surface area contributed by atoms with E-state index in [0.717, 1.165) is 30.4 Å². The first-order chi connectivity index (χ1) is 14.7. The van der Waals surface area contributed by atoms with Crippen molar-refractivity contribution < 1.29 is 9.53 Å². The van der Waals surface area contributed by atoms with Crippen LogP contribution in [0.15, 0.2) is 53.0 Å². The number of benzene rings is 1. The van der Waals surface area contributed by atoms with E-state index in [4.69, 9.17) is 4.74 Å². The van der Waals surface area contributed by atoms with Crippen molar-refractivity contribution in [3.63, 3.8) is 0 Å². The van der Waals surface area contributed by atoms with Gasteiger partial charge in [0.15, 0.2) is 5.16 Å². The molecule has 30 heavy (non-hydrogen) atoms. The molecule has 0 N–H and O–H groups in total. The predicted octanol–water partition coefficient (Wildman–Crippen LogP) is 3.51. The monoisotopic (exact) mass is 442 g/mol. The molecule has 1 aliphatic rings. The van der Waals surface area contributed by atoms with Crippen LogP contribution in [0.1, 0.15) is 23.2 Å². The van der Waals surface area contributed by atoms with Crippen molar-refractivity contribution in [2.45, 2.75) is 36.7 Å². The van der Waals surface area contributed by atoms with Crippen LogP contribution in [-0.4, -0.2) is 57.1 Å². The number of hydrogen-bond acceptors (Lipinski definition) is 6. The van der Waals surface area contributed by atoms with Crippen LogP contribution in [-0.2, 0) is 28.9 Å². The Morgan fingerprint density at radius 2 is 1.97 bits per heavy atom. The van der Waals surface area contributed by atoms with Crippen LogP contribution in [0.4, 0.5) is 0 Å². The SMILES string of the molecule is CC(Sc1nnc(Cc2cccs2)n1CCc1ccccc1)C(=O)N1CCOCC1. The fourth-order valence-corrected chi connectivity index (χ4v) is 5.14. The average molecular weight is 443 g/mol. The van der Waals surface area contributed by atoms with Gasteiger partial charge >= 0.3 is 0 Å². The lowest BCUT2D eigenvalue weighted by Crippen LogP contribution is -2.44. The lowest BCUT2D eigenvalue weighted by atomic mass is 10.1. The quantitative estimate of drug-likeness (QED) is 0.500. The minimum Gasteiger partial charge on any atom is -0.378 e.